The van der Waals surface area contributed by atoms with Gasteiger partial charge in [0.2, 0.25) is 0 Å². The highest BCUT2D eigenvalue weighted by Gasteiger charge is 2.02. The normalized spacial score (nSPS) is 9.93. The number of hydrogen-bond acceptors (Lipinski definition) is 2. The first-order valence-electron chi connectivity index (χ1n) is 4.72. The molecule has 2 N–H and O–H groups in total. The van der Waals surface area contributed by atoms with Gasteiger partial charge in [0.15, 0.2) is 0 Å². The van der Waals surface area contributed by atoms with Crippen LogP contribution >= 0.6 is 0 Å². The van der Waals surface area contributed by atoms with Gasteiger partial charge >= 0.3 is 0 Å². The lowest BCUT2D eigenvalue weighted by Gasteiger charge is -2.20. The van der Waals surface area contributed by atoms with E-state index in [4.69, 9.17) is 5.73 Å². The van der Waals surface area contributed by atoms with Gasteiger partial charge in [-0.05, 0) is 37.6 Å². The first kappa shape index (κ1) is 10.6. The maximum atomic E-state index is 5.75. The molecule has 0 aliphatic heterocycles. The van der Waals surface area contributed by atoms with E-state index in [1.165, 1.54) is 5.69 Å². The molecule has 1 aromatic carbocycles. The van der Waals surface area contributed by atoms with Gasteiger partial charge in [0.1, 0.15) is 0 Å². The van der Waals surface area contributed by atoms with Crippen molar-refractivity contribution in [2.24, 2.45) is 0 Å². The molecule has 0 unspecified atom stereocenters. The number of aryl methyl sites for hydroxylation is 1. The standard InChI is InChI=1S/C12H18N2/c1-9(2)8-14(4)11-5-6-12(13)10(3)7-11/h5-7H,1,8,13H2,2-4H3. The molecule has 76 valence electrons. The second kappa shape index (κ2) is 4.18. The van der Waals surface area contributed by atoms with Crippen molar-refractivity contribution in [2.75, 3.05) is 24.2 Å². The molecular weight excluding hydrogens is 172 g/mol. The van der Waals surface area contributed by atoms with E-state index in [-0.39, 0.29) is 0 Å². The number of nitrogens with two attached hydrogens (primary N) is 1. The SMILES string of the molecule is C=C(C)CN(C)c1ccc(N)c(C)c1. The Hall–Kier alpha value is -1.44. The Balaban J connectivity index is 2.85. The summed E-state index contributed by atoms with van der Waals surface area (Å²) in [6.45, 7) is 8.82. The molecule has 0 aliphatic rings. The zero-order chi connectivity index (χ0) is 10.7. The van der Waals surface area contributed by atoms with E-state index in [0.29, 0.717) is 0 Å². The summed E-state index contributed by atoms with van der Waals surface area (Å²) in [6, 6.07) is 6.07. The highest BCUT2D eigenvalue weighted by molar-refractivity contribution is 5.58. The zero-order valence-corrected chi connectivity index (χ0v) is 9.17. The number of likely N-dealkylation sites (N-methyl/N-ethyl adjacent to an activating group) is 1. The molecule has 2 heteroatoms. The van der Waals surface area contributed by atoms with Crippen LogP contribution in [0.3, 0.4) is 0 Å². The third kappa shape index (κ3) is 2.52. The number of anilines is 2. The van der Waals surface area contributed by atoms with Crippen molar-refractivity contribution in [3.63, 3.8) is 0 Å². The summed E-state index contributed by atoms with van der Waals surface area (Å²) >= 11 is 0. The Labute approximate surface area is 86.0 Å². The summed E-state index contributed by atoms with van der Waals surface area (Å²) in [7, 11) is 2.06. The summed E-state index contributed by atoms with van der Waals surface area (Å²) in [5.41, 5.74) is 10.1. The fourth-order valence-electron chi connectivity index (χ4n) is 1.39. The fraction of sp³-hybridized carbons (Fsp3) is 0.333. The Bertz CT molecular complexity index is 342. The van der Waals surface area contributed by atoms with Crippen molar-refractivity contribution < 1.29 is 0 Å². The Morgan fingerprint density at radius 3 is 2.64 bits per heavy atom. The minimum absolute atomic E-state index is 0.845. The number of nitrogen functional groups attached to an aromatic ring is 1. The Morgan fingerprint density at radius 1 is 1.50 bits per heavy atom. The summed E-state index contributed by atoms with van der Waals surface area (Å²) in [5, 5.41) is 0. The summed E-state index contributed by atoms with van der Waals surface area (Å²) < 4.78 is 0. The molecule has 0 heterocycles. The second-order valence-electron chi connectivity index (χ2n) is 3.85. The van der Waals surface area contributed by atoms with E-state index in [2.05, 4.69) is 24.6 Å². The molecule has 1 aromatic rings. The molecule has 0 saturated carbocycles. The summed E-state index contributed by atoms with van der Waals surface area (Å²) in [5.74, 6) is 0. The van der Waals surface area contributed by atoms with Gasteiger partial charge < -0.3 is 10.6 Å². The van der Waals surface area contributed by atoms with E-state index < -0.39 is 0 Å². The third-order valence-electron chi connectivity index (χ3n) is 2.20. The quantitative estimate of drug-likeness (QED) is 0.586. The topological polar surface area (TPSA) is 29.3 Å². The van der Waals surface area contributed by atoms with Gasteiger partial charge in [-0.25, -0.2) is 0 Å². The highest BCUT2D eigenvalue weighted by atomic mass is 15.1. The third-order valence-corrected chi connectivity index (χ3v) is 2.20. The molecule has 0 bridgehead atoms. The summed E-state index contributed by atoms with van der Waals surface area (Å²) in [6.07, 6.45) is 0. The molecule has 0 fully saturated rings. The van der Waals surface area contributed by atoms with Crippen molar-refractivity contribution in [1.29, 1.82) is 0 Å². The smallest absolute Gasteiger partial charge is 0.0380 e. The first-order chi connectivity index (χ1) is 6.50. The van der Waals surface area contributed by atoms with Crippen molar-refractivity contribution >= 4 is 11.4 Å². The van der Waals surface area contributed by atoms with Crippen LogP contribution in [0.1, 0.15) is 12.5 Å². The van der Waals surface area contributed by atoms with Crippen LogP contribution in [0.5, 0.6) is 0 Å². The lowest BCUT2D eigenvalue weighted by Crippen LogP contribution is -2.19. The fourth-order valence-corrected chi connectivity index (χ4v) is 1.39. The average Bonchev–Trinajstić information content (AvgIpc) is 2.08. The van der Waals surface area contributed by atoms with Crippen LogP contribution in [0.15, 0.2) is 30.4 Å². The van der Waals surface area contributed by atoms with Crippen LogP contribution in [-0.4, -0.2) is 13.6 Å². The van der Waals surface area contributed by atoms with E-state index in [1.807, 2.05) is 26.0 Å². The second-order valence-corrected chi connectivity index (χ2v) is 3.85. The van der Waals surface area contributed by atoms with Crippen LogP contribution in [0.4, 0.5) is 11.4 Å². The molecule has 0 atom stereocenters. The monoisotopic (exact) mass is 190 g/mol. The van der Waals surface area contributed by atoms with Crippen LogP contribution in [-0.2, 0) is 0 Å². The minimum Gasteiger partial charge on any atom is -0.399 e. The van der Waals surface area contributed by atoms with Gasteiger partial charge in [0, 0.05) is 25.0 Å². The molecule has 14 heavy (non-hydrogen) atoms. The summed E-state index contributed by atoms with van der Waals surface area (Å²) in [4.78, 5) is 2.16. The lowest BCUT2D eigenvalue weighted by atomic mass is 10.1. The maximum Gasteiger partial charge on any atom is 0.0380 e. The predicted octanol–water partition coefficient (Wildman–Crippen LogP) is 2.59. The van der Waals surface area contributed by atoms with E-state index >= 15 is 0 Å². The molecule has 1 rings (SSSR count). The number of nitrogens with zero attached hydrogens (tertiary/aromatic N) is 1. The minimum atomic E-state index is 0.845. The molecular formula is C12H18N2. The van der Waals surface area contributed by atoms with Crippen LogP contribution in [0, 0.1) is 6.92 Å². The van der Waals surface area contributed by atoms with Gasteiger partial charge in [-0.1, -0.05) is 12.2 Å². The number of benzene rings is 1. The molecule has 2 nitrogen and oxygen atoms in total. The Kier molecular flexibility index (Phi) is 3.18. The van der Waals surface area contributed by atoms with Crippen molar-refractivity contribution in [3.8, 4) is 0 Å². The van der Waals surface area contributed by atoms with Crippen LogP contribution in [0.2, 0.25) is 0 Å². The van der Waals surface area contributed by atoms with E-state index in [0.717, 1.165) is 23.4 Å². The van der Waals surface area contributed by atoms with E-state index in [9.17, 15) is 0 Å². The van der Waals surface area contributed by atoms with Crippen molar-refractivity contribution in [3.05, 3.63) is 35.9 Å². The largest absolute Gasteiger partial charge is 0.399 e. The molecule has 0 spiro atoms. The average molecular weight is 190 g/mol. The van der Waals surface area contributed by atoms with E-state index in [1.54, 1.807) is 0 Å². The van der Waals surface area contributed by atoms with Crippen molar-refractivity contribution in [1.82, 2.24) is 0 Å². The number of hydrogen-bond donors (Lipinski definition) is 1. The molecule has 0 aromatic heterocycles. The number of rotatable bonds is 3. The zero-order valence-electron chi connectivity index (χ0n) is 9.17. The Morgan fingerprint density at radius 2 is 2.14 bits per heavy atom. The lowest BCUT2D eigenvalue weighted by molar-refractivity contribution is 0.984. The van der Waals surface area contributed by atoms with Crippen LogP contribution < -0.4 is 10.6 Å². The van der Waals surface area contributed by atoms with Crippen LogP contribution in [0.25, 0.3) is 0 Å². The van der Waals surface area contributed by atoms with Crippen molar-refractivity contribution in [2.45, 2.75) is 13.8 Å². The van der Waals surface area contributed by atoms with Gasteiger partial charge in [0.25, 0.3) is 0 Å². The molecule has 0 amide bonds. The molecule has 0 aliphatic carbocycles. The van der Waals surface area contributed by atoms with Gasteiger partial charge in [-0.2, -0.15) is 0 Å². The van der Waals surface area contributed by atoms with Gasteiger partial charge in [-0.3, -0.25) is 0 Å². The maximum absolute atomic E-state index is 5.75. The first-order valence-corrected chi connectivity index (χ1v) is 4.72. The molecule has 0 radical (unpaired) electrons. The molecule has 0 saturated heterocycles. The predicted molar refractivity (Wildman–Crippen MR) is 63.7 cm³/mol. The highest BCUT2D eigenvalue weighted by Crippen LogP contribution is 2.19. The van der Waals surface area contributed by atoms with Gasteiger partial charge in [-0.15, -0.1) is 0 Å². The van der Waals surface area contributed by atoms with Gasteiger partial charge in [0.05, 0.1) is 0 Å².